The number of fused-ring (bicyclic) bond motifs is 3. The largest absolute Gasteiger partial charge is 0.495 e. The van der Waals surface area contributed by atoms with Gasteiger partial charge < -0.3 is 14.3 Å². The number of methoxy groups -OCH3 is 1. The normalized spacial score (nSPS) is 19.3. The van der Waals surface area contributed by atoms with Crippen LogP contribution in [-0.4, -0.2) is 108 Å². The van der Waals surface area contributed by atoms with Crippen molar-refractivity contribution in [2.45, 2.75) is 54.5 Å². The second kappa shape index (κ2) is 15.9. The molecule has 0 radical (unpaired) electrons. The summed E-state index contributed by atoms with van der Waals surface area (Å²) >= 11 is 7.31. The van der Waals surface area contributed by atoms with Crippen LogP contribution in [0, 0.1) is 17.5 Å². The Morgan fingerprint density at radius 3 is 2.28 bits per heavy atom. The number of aromatic nitrogens is 2. The van der Waals surface area contributed by atoms with E-state index >= 15 is 8.78 Å². The molecule has 290 valence electrons. The van der Waals surface area contributed by atoms with Crippen molar-refractivity contribution in [3.8, 4) is 11.4 Å². The third-order valence-corrected chi connectivity index (χ3v) is 14.1. The maximum absolute atomic E-state index is 15.8. The van der Waals surface area contributed by atoms with Gasteiger partial charge in [0.05, 0.1) is 55.1 Å². The zero-order valence-corrected chi connectivity index (χ0v) is 33.0. The van der Waals surface area contributed by atoms with E-state index in [9.17, 15) is 22.7 Å². The Hall–Kier alpha value is -3.60. The third-order valence-electron chi connectivity index (χ3n) is 10.9. The first-order chi connectivity index (χ1) is 25.6. The molecule has 3 fully saturated rings. The number of carboxylic acid groups (broad SMARTS) is 1. The van der Waals surface area contributed by atoms with Gasteiger partial charge in [-0.2, -0.15) is 4.31 Å². The molecular formula is C38H44ClF3N5O5S2+. The van der Waals surface area contributed by atoms with Gasteiger partial charge in [0, 0.05) is 55.0 Å². The Balaban J connectivity index is 1.26. The topological polar surface area (TPSA) is 105 Å². The fraction of sp³-hybridized carbons (Fsp3) is 0.421. The van der Waals surface area contributed by atoms with Crippen LogP contribution in [-0.2, 0) is 26.0 Å². The summed E-state index contributed by atoms with van der Waals surface area (Å²) in [6.45, 7) is 11.6. The molecule has 0 amide bonds. The van der Waals surface area contributed by atoms with Gasteiger partial charge in [0.15, 0.2) is 5.16 Å². The van der Waals surface area contributed by atoms with Crippen molar-refractivity contribution in [2.24, 2.45) is 0 Å². The minimum Gasteiger partial charge on any atom is -0.495 e. The van der Waals surface area contributed by atoms with Crippen molar-refractivity contribution < 1.29 is 40.7 Å². The van der Waals surface area contributed by atoms with Crippen molar-refractivity contribution in [1.82, 2.24) is 18.8 Å². The van der Waals surface area contributed by atoms with Crippen LogP contribution in [0.25, 0.3) is 5.69 Å². The van der Waals surface area contributed by atoms with E-state index in [1.54, 1.807) is 29.0 Å². The summed E-state index contributed by atoms with van der Waals surface area (Å²) in [5, 5.41) is 10.6. The number of carboxylic acids is 1. The van der Waals surface area contributed by atoms with Crippen LogP contribution in [0.5, 0.6) is 5.75 Å². The van der Waals surface area contributed by atoms with Gasteiger partial charge in [-0.1, -0.05) is 43.3 Å². The molecule has 10 nitrogen and oxygen atoms in total. The molecule has 7 rings (SSSR count). The fourth-order valence-corrected chi connectivity index (χ4v) is 10.2. The summed E-state index contributed by atoms with van der Waals surface area (Å²) in [5.41, 5.74) is 0.984. The van der Waals surface area contributed by atoms with Crippen LogP contribution < -0.4 is 4.74 Å². The van der Waals surface area contributed by atoms with Crippen LogP contribution in [0.15, 0.2) is 70.8 Å². The number of sulfonamides is 1. The van der Waals surface area contributed by atoms with Gasteiger partial charge in [-0.05, 0) is 61.0 Å². The molecule has 3 aliphatic rings. The van der Waals surface area contributed by atoms with E-state index in [4.69, 9.17) is 16.3 Å². The number of piperazine rings is 3. The number of nitrogens with zero attached hydrogens (tertiary/aromatic N) is 5. The summed E-state index contributed by atoms with van der Waals surface area (Å²) in [5.74, 6) is -3.78. The minimum atomic E-state index is -4.60. The summed E-state index contributed by atoms with van der Waals surface area (Å²) < 4.78 is 82.2. The number of ether oxygens (including phenoxy) is 1. The molecule has 3 aromatic carbocycles. The zero-order chi connectivity index (χ0) is 39.0. The molecule has 1 N–H and O–H groups in total. The van der Waals surface area contributed by atoms with E-state index in [-0.39, 0.29) is 17.9 Å². The molecule has 3 aliphatic heterocycles. The SMILES string of the molecule is COc1cc(C(C)(C)c2cnc(SCc3c(F)cc(S(=O)(=O)N(CCC[N+]45CCN(CC4)CC5)[C@H](C)C(=O)O)cc3F)n2-c2ccc(F)cc2)ccc1Cl. The lowest BCUT2D eigenvalue weighted by molar-refractivity contribution is -0.941. The lowest BCUT2D eigenvalue weighted by Crippen LogP contribution is -2.67. The van der Waals surface area contributed by atoms with Crippen molar-refractivity contribution in [2.75, 3.05) is 59.5 Å². The Morgan fingerprint density at radius 1 is 1.06 bits per heavy atom. The van der Waals surface area contributed by atoms with Crippen molar-refractivity contribution in [3.63, 3.8) is 0 Å². The van der Waals surface area contributed by atoms with E-state index in [1.165, 1.54) is 26.2 Å². The number of rotatable bonds is 15. The first kappa shape index (κ1) is 40.1. The Kier molecular flexibility index (Phi) is 11.8. The van der Waals surface area contributed by atoms with E-state index in [2.05, 4.69) is 9.88 Å². The van der Waals surface area contributed by atoms with Crippen LogP contribution in [0.1, 0.15) is 44.0 Å². The van der Waals surface area contributed by atoms with E-state index in [0.717, 1.165) is 77.5 Å². The second-order valence-electron chi connectivity index (χ2n) is 14.4. The second-order valence-corrected chi connectivity index (χ2v) is 17.7. The Labute approximate surface area is 323 Å². The number of hydrogen-bond acceptors (Lipinski definition) is 7. The fourth-order valence-electron chi connectivity index (χ4n) is 7.33. The predicted octanol–water partition coefficient (Wildman–Crippen LogP) is 6.57. The lowest BCUT2D eigenvalue weighted by atomic mass is 9.81. The molecule has 0 unspecified atom stereocenters. The number of thioether (sulfide) groups is 1. The predicted molar refractivity (Wildman–Crippen MR) is 201 cm³/mol. The average Bonchev–Trinajstić information content (AvgIpc) is 3.58. The number of carbonyl (C=O) groups is 1. The van der Waals surface area contributed by atoms with Gasteiger partial charge in [0.2, 0.25) is 10.0 Å². The van der Waals surface area contributed by atoms with Crippen molar-refractivity contribution in [1.29, 1.82) is 0 Å². The highest BCUT2D eigenvalue weighted by Gasteiger charge is 2.40. The van der Waals surface area contributed by atoms with Gasteiger partial charge in [-0.15, -0.1) is 0 Å². The summed E-state index contributed by atoms with van der Waals surface area (Å²) in [6, 6.07) is 11.2. The van der Waals surface area contributed by atoms with Crippen molar-refractivity contribution in [3.05, 3.63) is 100 Å². The van der Waals surface area contributed by atoms with E-state index in [0.29, 0.717) is 40.3 Å². The van der Waals surface area contributed by atoms with Gasteiger partial charge in [0.1, 0.15) is 29.2 Å². The summed E-state index contributed by atoms with van der Waals surface area (Å²) in [7, 11) is -3.09. The molecule has 1 aromatic heterocycles. The minimum absolute atomic E-state index is 0.103. The molecule has 0 saturated carbocycles. The molecule has 0 aliphatic carbocycles. The molecular weight excluding hydrogens is 763 g/mol. The molecule has 0 spiro atoms. The molecule has 3 saturated heterocycles. The van der Waals surface area contributed by atoms with Gasteiger partial charge in [-0.3, -0.25) is 14.3 Å². The van der Waals surface area contributed by atoms with Crippen LogP contribution >= 0.6 is 23.4 Å². The quantitative estimate of drug-likeness (QED) is 0.106. The van der Waals surface area contributed by atoms with Crippen LogP contribution in [0.4, 0.5) is 13.2 Å². The number of aliphatic carboxylic acids is 1. The number of imidazole rings is 1. The highest BCUT2D eigenvalue weighted by atomic mass is 35.5. The summed E-state index contributed by atoms with van der Waals surface area (Å²) in [6.07, 6.45) is 2.05. The van der Waals surface area contributed by atoms with Gasteiger partial charge in [0.25, 0.3) is 0 Å². The van der Waals surface area contributed by atoms with Gasteiger partial charge in [-0.25, -0.2) is 26.6 Å². The number of halogens is 4. The highest BCUT2D eigenvalue weighted by molar-refractivity contribution is 7.98. The maximum atomic E-state index is 15.8. The number of quaternary nitrogens is 1. The molecule has 4 aromatic rings. The van der Waals surface area contributed by atoms with E-state index < -0.39 is 49.8 Å². The summed E-state index contributed by atoms with van der Waals surface area (Å²) in [4.78, 5) is 18.4. The van der Waals surface area contributed by atoms with Gasteiger partial charge >= 0.3 is 5.97 Å². The molecule has 2 bridgehead atoms. The monoisotopic (exact) mass is 806 g/mol. The lowest BCUT2D eigenvalue weighted by Gasteiger charge is -2.50. The van der Waals surface area contributed by atoms with Crippen LogP contribution in [0.2, 0.25) is 5.02 Å². The Bertz CT molecular complexity index is 2090. The molecule has 4 heterocycles. The standard InChI is InChI=1S/C38H43ClF3N5O5S2/c1-25(36(48)49)45(12-5-16-47-17-13-44(14-18-47)15-19-47)54(50,51)29-21-32(41)30(33(42)22-29)24-53-37-43-23-35(46(37)28-9-7-27(40)8-10-28)38(2,3)26-6-11-31(39)34(20-26)52-4/h6-11,20-23,25H,5,12-19,24H2,1-4H3/p+1/t25-/m1/s1. The van der Waals surface area contributed by atoms with E-state index in [1.807, 2.05) is 26.0 Å². The molecule has 16 heteroatoms. The van der Waals surface area contributed by atoms with Crippen LogP contribution in [0.3, 0.4) is 0 Å². The first-order valence-electron chi connectivity index (χ1n) is 17.7. The third kappa shape index (κ3) is 8.03. The smallest absolute Gasteiger partial charge is 0.321 e. The number of benzene rings is 3. The molecule has 54 heavy (non-hydrogen) atoms. The Morgan fingerprint density at radius 2 is 1.69 bits per heavy atom. The molecule has 1 atom stereocenters. The zero-order valence-electron chi connectivity index (χ0n) is 30.6. The maximum Gasteiger partial charge on any atom is 0.321 e. The first-order valence-corrected chi connectivity index (χ1v) is 20.5. The average molecular weight is 807 g/mol. The highest BCUT2D eigenvalue weighted by Crippen LogP contribution is 2.40. The number of hydrogen-bond donors (Lipinski definition) is 1. The van der Waals surface area contributed by atoms with Crippen molar-refractivity contribution >= 4 is 39.4 Å².